The van der Waals surface area contributed by atoms with Gasteiger partial charge in [-0.25, -0.2) is 4.98 Å². The first-order valence-corrected chi connectivity index (χ1v) is 4.40. The van der Waals surface area contributed by atoms with Gasteiger partial charge in [0, 0.05) is 6.20 Å². The van der Waals surface area contributed by atoms with E-state index in [0.717, 1.165) is 0 Å². The Morgan fingerprint density at radius 3 is 2.93 bits per heavy atom. The molecule has 0 aromatic carbocycles. The van der Waals surface area contributed by atoms with Crippen LogP contribution in [0.25, 0.3) is 0 Å². The number of halogens is 1. The lowest BCUT2D eigenvalue weighted by Crippen LogP contribution is -2.09. The third-order valence-corrected chi connectivity index (χ3v) is 1.83. The van der Waals surface area contributed by atoms with Gasteiger partial charge in [-0.1, -0.05) is 0 Å². The van der Waals surface area contributed by atoms with Crippen LogP contribution in [0.4, 0.5) is 4.39 Å². The van der Waals surface area contributed by atoms with Crippen molar-refractivity contribution in [2.75, 3.05) is 6.61 Å². The van der Waals surface area contributed by atoms with Gasteiger partial charge >= 0.3 is 5.97 Å². The van der Waals surface area contributed by atoms with Crippen molar-refractivity contribution in [1.82, 2.24) is 4.98 Å². The lowest BCUT2D eigenvalue weighted by atomic mass is 10.1. The normalized spacial score (nSPS) is 9.93. The Morgan fingerprint density at radius 2 is 2.36 bits per heavy atom. The van der Waals surface area contributed by atoms with Crippen molar-refractivity contribution in [3.63, 3.8) is 0 Å². The zero-order valence-corrected chi connectivity index (χ0v) is 8.21. The van der Waals surface area contributed by atoms with E-state index in [1.807, 2.05) is 0 Å². The zero-order chi connectivity index (χ0) is 10.6. The average molecular weight is 197 g/mol. The number of hydrogen-bond acceptors (Lipinski definition) is 3. The minimum atomic E-state index is -0.532. The number of aromatic nitrogens is 1. The predicted molar refractivity (Wildman–Crippen MR) is 49.3 cm³/mol. The maximum absolute atomic E-state index is 12.6. The lowest BCUT2D eigenvalue weighted by molar-refractivity contribution is -0.142. The number of ether oxygens (including phenoxy) is 1. The van der Waals surface area contributed by atoms with Gasteiger partial charge in [-0.2, -0.15) is 4.39 Å². The molecule has 14 heavy (non-hydrogen) atoms. The van der Waals surface area contributed by atoms with Crippen LogP contribution >= 0.6 is 0 Å². The highest BCUT2D eigenvalue weighted by molar-refractivity contribution is 5.72. The van der Waals surface area contributed by atoms with Crippen LogP contribution in [-0.2, 0) is 16.0 Å². The maximum atomic E-state index is 12.6. The SMILES string of the molecule is CCOC(=O)Cc1cnc(F)cc1C. The Balaban J connectivity index is 2.72. The van der Waals surface area contributed by atoms with Gasteiger partial charge in [0.15, 0.2) is 0 Å². The maximum Gasteiger partial charge on any atom is 0.310 e. The molecule has 0 amide bonds. The predicted octanol–water partition coefficient (Wildman–Crippen LogP) is 1.63. The first-order chi connectivity index (χ1) is 6.63. The molecule has 0 spiro atoms. The molecule has 1 aromatic rings. The van der Waals surface area contributed by atoms with Crippen LogP contribution in [0.5, 0.6) is 0 Å². The molecule has 0 unspecified atom stereocenters. The molecule has 0 saturated carbocycles. The molecule has 1 rings (SSSR count). The quantitative estimate of drug-likeness (QED) is 0.546. The highest BCUT2D eigenvalue weighted by Crippen LogP contribution is 2.08. The van der Waals surface area contributed by atoms with E-state index in [1.54, 1.807) is 13.8 Å². The van der Waals surface area contributed by atoms with Crippen LogP contribution in [0.1, 0.15) is 18.1 Å². The number of hydrogen-bond donors (Lipinski definition) is 0. The van der Waals surface area contributed by atoms with E-state index in [2.05, 4.69) is 4.98 Å². The molecule has 0 saturated heterocycles. The van der Waals surface area contributed by atoms with Gasteiger partial charge in [0.05, 0.1) is 13.0 Å². The molecule has 1 heterocycles. The van der Waals surface area contributed by atoms with Crippen LogP contribution in [0.2, 0.25) is 0 Å². The molecule has 0 bridgehead atoms. The van der Waals surface area contributed by atoms with Crippen molar-refractivity contribution in [2.24, 2.45) is 0 Å². The van der Waals surface area contributed by atoms with Gasteiger partial charge in [-0.3, -0.25) is 4.79 Å². The molecule has 1 aromatic heterocycles. The monoisotopic (exact) mass is 197 g/mol. The van der Waals surface area contributed by atoms with E-state index in [1.165, 1.54) is 12.3 Å². The van der Waals surface area contributed by atoms with E-state index in [0.29, 0.717) is 17.7 Å². The van der Waals surface area contributed by atoms with Crippen LogP contribution < -0.4 is 0 Å². The van der Waals surface area contributed by atoms with Crippen molar-refractivity contribution < 1.29 is 13.9 Å². The van der Waals surface area contributed by atoms with Gasteiger partial charge in [0.25, 0.3) is 0 Å². The zero-order valence-electron chi connectivity index (χ0n) is 8.21. The number of carbonyl (C=O) groups excluding carboxylic acids is 1. The summed E-state index contributed by atoms with van der Waals surface area (Å²) in [4.78, 5) is 14.6. The molecule has 0 fully saturated rings. The molecule has 0 aliphatic heterocycles. The fourth-order valence-electron chi connectivity index (χ4n) is 1.10. The van der Waals surface area contributed by atoms with Crippen molar-refractivity contribution in [3.05, 3.63) is 29.3 Å². The third kappa shape index (κ3) is 2.80. The lowest BCUT2D eigenvalue weighted by Gasteiger charge is -2.04. The van der Waals surface area contributed by atoms with Gasteiger partial charge in [0.1, 0.15) is 0 Å². The fraction of sp³-hybridized carbons (Fsp3) is 0.400. The van der Waals surface area contributed by atoms with E-state index < -0.39 is 5.95 Å². The van der Waals surface area contributed by atoms with Crippen molar-refractivity contribution in [1.29, 1.82) is 0 Å². The molecule has 0 aliphatic carbocycles. The second-order valence-electron chi connectivity index (χ2n) is 2.92. The van der Waals surface area contributed by atoms with E-state index >= 15 is 0 Å². The minimum absolute atomic E-state index is 0.146. The second kappa shape index (κ2) is 4.69. The van der Waals surface area contributed by atoms with Crippen molar-refractivity contribution >= 4 is 5.97 Å². The van der Waals surface area contributed by atoms with E-state index in [4.69, 9.17) is 4.74 Å². The first-order valence-electron chi connectivity index (χ1n) is 4.40. The largest absolute Gasteiger partial charge is 0.466 e. The van der Waals surface area contributed by atoms with E-state index in [-0.39, 0.29) is 12.4 Å². The van der Waals surface area contributed by atoms with Gasteiger partial charge in [0.2, 0.25) is 5.95 Å². The van der Waals surface area contributed by atoms with Gasteiger partial charge in [-0.15, -0.1) is 0 Å². The molecule has 4 heteroatoms. The molecule has 0 atom stereocenters. The summed E-state index contributed by atoms with van der Waals surface area (Å²) >= 11 is 0. The van der Waals surface area contributed by atoms with Crippen molar-refractivity contribution in [2.45, 2.75) is 20.3 Å². The Morgan fingerprint density at radius 1 is 1.64 bits per heavy atom. The molecular formula is C10H12FNO2. The summed E-state index contributed by atoms with van der Waals surface area (Å²) in [5, 5.41) is 0. The minimum Gasteiger partial charge on any atom is -0.466 e. The number of rotatable bonds is 3. The Hall–Kier alpha value is -1.45. The third-order valence-electron chi connectivity index (χ3n) is 1.83. The summed E-state index contributed by atoms with van der Waals surface area (Å²) in [5.74, 6) is -0.848. The molecule has 0 N–H and O–H groups in total. The number of aryl methyl sites for hydroxylation is 1. The Labute approximate surface area is 81.9 Å². The summed E-state index contributed by atoms with van der Waals surface area (Å²) in [6, 6.07) is 1.30. The van der Waals surface area contributed by atoms with Crippen molar-refractivity contribution in [3.8, 4) is 0 Å². The smallest absolute Gasteiger partial charge is 0.310 e. The number of carbonyl (C=O) groups is 1. The average Bonchev–Trinajstić information content (AvgIpc) is 2.10. The highest BCUT2D eigenvalue weighted by Gasteiger charge is 2.07. The summed E-state index contributed by atoms with van der Waals surface area (Å²) in [5.41, 5.74) is 1.41. The number of pyridine rings is 1. The molecular weight excluding hydrogens is 185 g/mol. The fourth-order valence-corrected chi connectivity index (χ4v) is 1.10. The summed E-state index contributed by atoms with van der Waals surface area (Å²) in [7, 11) is 0. The number of esters is 1. The van der Waals surface area contributed by atoms with Crippen LogP contribution in [0, 0.1) is 12.9 Å². The van der Waals surface area contributed by atoms with Crippen LogP contribution in [-0.4, -0.2) is 17.6 Å². The summed E-state index contributed by atoms with van der Waals surface area (Å²) in [6.45, 7) is 3.83. The second-order valence-corrected chi connectivity index (χ2v) is 2.92. The van der Waals surface area contributed by atoms with Gasteiger partial charge < -0.3 is 4.74 Å². The Bertz CT molecular complexity index is 339. The Kier molecular flexibility index (Phi) is 3.56. The van der Waals surface area contributed by atoms with Crippen LogP contribution in [0.3, 0.4) is 0 Å². The highest BCUT2D eigenvalue weighted by atomic mass is 19.1. The molecule has 0 aliphatic rings. The topological polar surface area (TPSA) is 39.2 Å². The summed E-state index contributed by atoms with van der Waals surface area (Å²) in [6.07, 6.45) is 1.51. The molecule has 3 nitrogen and oxygen atoms in total. The van der Waals surface area contributed by atoms with Crippen LogP contribution in [0.15, 0.2) is 12.3 Å². The van der Waals surface area contributed by atoms with E-state index in [9.17, 15) is 9.18 Å². The van der Waals surface area contributed by atoms with Gasteiger partial charge in [-0.05, 0) is 31.0 Å². The summed E-state index contributed by atoms with van der Waals surface area (Å²) < 4.78 is 17.4. The standard InChI is InChI=1S/C10H12FNO2/c1-3-14-10(13)5-8-6-12-9(11)4-7(8)2/h4,6H,3,5H2,1-2H3. The number of nitrogens with zero attached hydrogens (tertiary/aromatic N) is 1. The molecule has 0 radical (unpaired) electrons. The molecule has 76 valence electrons. The first kappa shape index (κ1) is 10.6.